The highest BCUT2D eigenvalue weighted by Gasteiger charge is 2.18. The largest absolute Gasteiger partial charge is 0.291 e. The Bertz CT molecular complexity index is 1220. The van der Waals surface area contributed by atoms with Gasteiger partial charge in [-0.3, -0.25) is 9.12 Å². The molecule has 0 aliphatic rings. The first-order valence-electron chi connectivity index (χ1n) is 8.11. The zero-order chi connectivity index (χ0) is 19.0. The second-order valence-electron chi connectivity index (χ2n) is 6.05. The molecule has 0 aliphatic carbocycles. The Labute approximate surface area is 155 Å². The summed E-state index contributed by atoms with van der Waals surface area (Å²) >= 11 is 0. The van der Waals surface area contributed by atoms with Gasteiger partial charge >= 0.3 is 0 Å². The third-order valence-corrected chi connectivity index (χ3v) is 5.61. The van der Waals surface area contributed by atoms with Gasteiger partial charge in [-0.05, 0) is 42.8 Å². The Morgan fingerprint density at radius 3 is 2.78 bits per heavy atom. The van der Waals surface area contributed by atoms with Crippen molar-refractivity contribution in [2.24, 2.45) is 0 Å². The lowest BCUT2D eigenvalue weighted by molar-refractivity contribution is 0.594. The van der Waals surface area contributed by atoms with Crippen molar-refractivity contribution in [1.29, 1.82) is 0 Å². The number of imidazole rings is 1. The van der Waals surface area contributed by atoms with Crippen LogP contribution in [0.25, 0.3) is 17.0 Å². The molecule has 136 valence electrons. The number of hydrogen-bond donors (Lipinski definition) is 1. The number of benzene rings is 2. The zero-order valence-corrected chi connectivity index (χ0v) is 15.1. The molecule has 0 atom stereocenters. The molecule has 2 aromatic heterocycles. The number of sulfonamides is 1. The molecular formula is C19H15FN4O2S. The van der Waals surface area contributed by atoms with Crippen LogP contribution in [0.1, 0.15) is 5.56 Å². The molecule has 0 unspecified atom stereocenters. The molecular weight excluding hydrogens is 367 g/mol. The van der Waals surface area contributed by atoms with Gasteiger partial charge in [0.25, 0.3) is 10.0 Å². The first kappa shape index (κ1) is 17.2. The quantitative estimate of drug-likeness (QED) is 0.585. The van der Waals surface area contributed by atoms with Gasteiger partial charge in [0.1, 0.15) is 5.82 Å². The number of halogens is 1. The molecule has 2 heterocycles. The average Bonchev–Trinajstić information content (AvgIpc) is 3.08. The highest BCUT2D eigenvalue weighted by atomic mass is 32.2. The Kier molecular flexibility index (Phi) is 4.12. The predicted molar refractivity (Wildman–Crippen MR) is 100 cm³/mol. The van der Waals surface area contributed by atoms with E-state index in [0.717, 1.165) is 11.6 Å². The molecule has 0 saturated heterocycles. The molecule has 4 aromatic rings. The molecule has 1 N–H and O–H groups in total. The second-order valence-corrected chi connectivity index (χ2v) is 7.70. The maximum absolute atomic E-state index is 13.5. The van der Waals surface area contributed by atoms with Crippen molar-refractivity contribution in [2.45, 2.75) is 11.8 Å². The third-order valence-electron chi connectivity index (χ3n) is 4.09. The molecule has 4 rings (SSSR count). The van der Waals surface area contributed by atoms with Gasteiger partial charge in [0.2, 0.25) is 5.78 Å². The number of anilines is 1. The molecule has 0 fully saturated rings. The molecule has 0 saturated carbocycles. The van der Waals surface area contributed by atoms with Crippen LogP contribution in [-0.4, -0.2) is 22.8 Å². The van der Waals surface area contributed by atoms with Crippen molar-refractivity contribution in [3.8, 4) is 11.3 Å². The molecule has 0 aliphatic heterocycles. The van der Waals surface area contributed by atoms with E-state index >= 15 is 0 Å². The lowest BCUT2D eigenvalue weighted by Gasteiger charge is -2.11. The lowest BCUT2D eigenvalue weighted by atomic mass is 10.1. The predicted octanol–water partition coefficient (Wildman–Crippen LogP) is 3.64. The summed E-state index contributed by atoms with van der Waals surface area (Å²) in [7, 11) is -3.92. The standard InChI is InChI=1S/C19H15FN4O2S/c1-13-6-7-15(20)11-18(13)27(25,26)23-16-5-2-4-14(10-16)17-12-24-9-3-8-21-19(24)22-17/h2-12,23H,1H3. The van der Waals surface area contributed by atoms with E-state index in [0.29, 0.717) is 22.7 Å². The monoisotopic (exact) mass is 382 g/mol. The van der Waals surface area contributed by atoms with Gasteiger partial charge < -0.3 is 0 Å². The maximum atomic E-state index is 13.5. The number of aryl methyl sites for hydroxylation is 1. The van der Waals surface area contributed by atoms with Gasteiger partial charge in [-0.25, -0.2) is 22.8 Å². The summed E-state index contributed by atoms with van der Waals surface area (Å²) in [4.78, 5) is 8.51. The van der Waals surface area contributed by atoms with E-state index in [1.54, 1.807) is 41.8 Å². The normalized spacial score (nSPS) is 11.6. The van der Waals surface area contributed by atoms with E-state index in [-0.39, 0.29) is 4.90 Å². The minimum atomic E-state index is -3.92. The van der Waals surface area contributed by atoms with Crippen molar-refractivity contribution < 1.29 is 12.8 Å². The molecule has 0 spiro atoms. The van der Waals surface area contributed by atoms with Gasteiger partial charge in [0.05, 0.1) is 10.6 Å². The summed E-state index contributed by atoms with van der Waals surface area (Å²) in [5.74, 6) is -0.0548. The van der Waals surface area contributed by atoms with Crippen LogP contribution in [0.15, 0.2) is 72.0 Å². The van der Waals surface area contributed by atoms with Gasteiger partial charge in [-0.15, -0.1) is 0 Å². The van der Waals surface area contributed by atoms with Crippen LogP contribution in [0.5, 0.6) is 0 Å². The van der Waals surface area contributed by atoms with Crippen LogP contribution in [0.4, 0.5) is 10.1 Å². The van der Waals surface area contributed by atoms with Gasteiger partial charge in [0.15, 0.2) is 0 Å². The topological polar surface area (TPSA) is 76.4 Å². The second kappa shape index (κ2) is 6.48. The zero-order valence-electron chi connectivity index (χ0n) is 14.3. The molecule has 8 heteroatoms. The Morgan fingerprint density at radius 2 is 1.96 bits per heavy atom. The van der Waals surface area contributed by atoms with Crippen molar-refractivity contribution in [3.63, 3.8) is 0 Å². The Balaban J connectivity index is 1.69. The van der Waals surface area contributed by atoms with Crippen LogP contribution in [0, 0.1) is 12.7 Å². The van der Waals surface area contributed by atoms with Crippen molar-refractivity contribution >= 4 is 21.5 Å². The van der Waals surface area contributed by atoms with Crippen LogP contribution < -0.4 is 4.72 Å². The number of aromatic nitrogens is 3. The molecule has 0 amide bonds. The third kappa shape index (κ3) is 3.39. The van der Waals surface area contributed by atoms with Crippen molar-refractivity contribution in [1.82, 2.24) is 14.4 Å². The fourth-order valence-corrected chi connectivity index (χ4v) is 4.09. The number of rotatable bonds is 4. The highest BCUT2D eigenvalue weighted by Crippen LogP contribution is 2.25. The van der Waals surface area contributed by atoms with Crippen molar-refractivity contribution in [2.75, 3.05) is 4.72 Å². The molecule has 2 aromatic carbocycles. The smallest absolute Gasteiger partial charge is 0.262 e. The summed E-state index contributed by atoms with van der Waals surface area (Å²) in [5, 5.41) is 0. The average molecular weight is 382 g/mol. The van der Waals surface area contributed by atoms with Gasteiger partial charge in [-0.1, -0.05) is 18.2 Å². The summed E-state index contributed by atoms with van der Waals surface area (Å²) < 4.78 is 43.1. The van der Waals surface area contributed by atoms with Crippen LogP contribution in [-0.2, 0) is 10.0 Å². The summed E-state index contributed by atoms with van der Waals surface area (Å²) in [5.41, 5.74) is 2.22. The number of hydrogen-bond acceptors (Lipinski definition) is 4. The van der Waals surface area contributed by atoms with E-state index in [4.69, 9.17) is 0 Å². The van der Waals surface area contributed by atoms with Gasteiger partial charge in [0, 0.05) is 29.8 Å². The van der Waals surface area contributed by atoms with Gasteiger partial charge in [-0.2, -0.15) is 0 Å². The summed E-state index contributed by atoms with van der Waals surface area (Å²) in [6.07, 6.45) is 5.29. The molecule has 0 bridgehead atoms. The highest BCUT2D eigenvalue weighted by molar-refractivity contribution is 7.92. The molecule has 0 radical (unpaired) electrons. The van der Waals surface area contributed by atoms with E-state index in [1.807, 2.05) is 18.5 Å². The first-order valence-corrected chi connectivity index (χ1v) is 9.60. The van der Waals surface area contributed by atoms with Crippen LogP contribution in [0.2, 0.25) is 0 Å². The van der Waals surface area contributed by atoms with Crippen molar-refractivity contribution in [3.05, 3.63) is 78.5 Å². The van der Waals surface area contributed by atoms with Crippen LogP contribution >= 0.6 is 0 Å². The summed E-state index contributed by atoms with van der Waals surface area (Å²) in [6.45, 7) is 1.62. The number of nitrogens with one attached hydrogen (secondary N) is 1. The molecule has 27 heavy (non-hydrogen) atoms. The lowest BCUT2D eigenvalue weighted by Crippen LogP contribution is -2.14. The summed E-state index contributed by atoms with van der Waals surface area (Å²) in [6, 6.07) is 12.3. The number of fused-ring (bicyclic) bond motifs is 1. The van der Waals surface area contributed by atoms with E-state index in [2.05, 4.69) is 14.7 Å². The van der Waals surface area contributed by atoms with E-state index in [9.17, 15) is 12.8 Å². The minimum Gasteiger partial charge on any atom is -0.291 e. The minimum absolute atomic E-state index is 0.0927. The van der Waals surface area contributed by atoms with E-state index < -0.39 is 15.8 Å². The molecule has 6 nitrogen and oxygen atoms in total. The SMILES string of the molecule is Cc1ccc(F)cc1S(=O)(=O)Nc1cccc(-c2cn3cccnc3n2)c1. The first-order chi connectivity index (χ1) is 12.9. The number of nitrogens with zero attached hydrogens (tertiary/aromatic N) is 3. The Hall–Kier alpha value is -3.26. The fourth-order valence-electron chi connectivity index (χ4n) is 2.78. The fraction of sp³-hybridized carbons (Fsp3) is 0.0526. The van der Waals surface area contributed by atoms with Crippen LogP contribution in [0.3, 0.4) is 0 Å². The Morgan fingerprint density at radius 1 is 1.11 bits per heavy atom. The maximum Gasteiger partial charge on any atom is 0.262 e. The van der Waals surface area contributed by atoms with E-state index in [1.165, 1.54) is 12.1 Å².